The van der Waals surface area contributed by atoms with E-state index >= 15 is 0 Å². The van der Waals surface area contributed by atoms with Gasteiger partial charge in [0.15, 0.2) is 5.16 Å². The Morgan fingerprint density at radius 3 is 2.72 bits per heavy atom. The van der Waals surface area contributed by atoms with Crippen molar-refractivity contribution >= 4 is 17.7 Å². The van der Waals surface area contributed by atoms with Crippen LogP contribution in [0.4, 0.5) is 4.39 Å². The van der Waals surface area contributed by atoms with Crippen LogP contribution in [0.5, 0.6) is 0 Å². The Balaban J connectivity index is 1.64. The lowest BCUT2D eigenvalue weighted by Gasteiger charge is -2.14. The zero-order valence-electron chi connectivity index (χ0n) is 13.9. The molecule has 0 bridgehead atoms. The maximum atomic E-state index is 13.0. The summed E-state index contributed by atoms with van der Waals surface area (Å²) in [6, 6.07) is 6.58. The lowest BCUT2D eigenvalue weighted by Crippen LogP contribution is -2.35. The van der Waals surface area contributed by atoms with E-state index < -0.39 is 0 Å². The molecule has 0 spiro atoms. The fourth-order valence-electron chi connectivity index (χ4n) is 3.02. The molecule has 134 valence electrons. The van der Waals surface area contributed by atoms with Gasteiger partial charge in [0, 0.05) is 11.8 Å². The highest BCUT2D eigenvalue weighted by Crippen LogP contribution is 2.24. The molecule has 1 aromatic heterocycles. The van der Waals surface area contributed by atoms with Crippen molar-refractivity contribution in [3.63, 3.8) is 0 Å². The van der Waals surface area contributed by atoms with Gasteiger partial charge in [-0.2, -0.15) is 0 Å². The van der Waals surface area contributed by atoms with E-state index in [0.29, 0.717) is 16.6 Å². The molecule has 1 aliphatic rings. The van der Waals surface area contributed by atoms with Crippen LogP contribution in [0.25, 0.3) is 0 Å². The van der Waals surface area contributed by atoms with Crippen molar-refractivity contribution in [2.75, 3.05) is 0 Å². The number of imidazole rings is 1. The topological polar surface area (TPSA) is 67.2 Å². The van der Waals surface area contributed by atoms with Crippen LogP contribution in [0.3, 0.4) is 0 Å². The summed E-state index contributed by atoms with van der Waals surface area (Å²) in [6.45, 7) is -0.0149. The van der Waals surface area contributed by atoms with E-state index in [9.17, 15) is 14.3 Å². The van der Waals surface area contributed by atoms with E-state index in [-0.39, 0.29) is 30.9 Å². The number of halogens is 1. The van der Waals surface area contributed by atoms with Crippen LogP contribution in [0, 0.1) is 5.82 Å². The zero-order valence-corrected chi connectivity index (χ0v) is 14.8. The quantitative estimate of drug-likeness (QED) is 0.743. The van der Waals surface area contributed by atoms with Crippen molar-refractivity contribution in [2.24, 2.45) is 0 Å². The summed E-state index contributed by atoms with van der Waals surface area (Å²) in [4.78, 5) is 16.6. The second-order valence-corrected chi connectivity index (χ2v) is 7.18. The van der Waals surface area contributed by atoms with Gasteiger partial charge >= 0.3 is 0 Å². The van der Waals surface area contributed by atoms with Gasteiger partial charge in [-0.25, -0.2) is 9.37 Å². The summed E-state index contributed by atoms with van der Waals surface area (Å²) < 4.78 is 14.7. The maximum absolute atomic E-state index is 13.0. The van der Waals surface area contributed by atoms with Crippen molar-refractivity contribution in [1.29, 1.82) is 0 Å². The minimum absolute atomic E-state index is 0.0526. The second kappa shape index (κ2) is 8.49. The molecule has 0 radical (unpaired) electrons. The molecule has 1 heterocycles. The predicted molar refractivity (Wildman–Crippen MR) is 94.5 cm³/mol. The summed E-state index contributed by atoms with van der Waals surface area (Å²) in [5, 5.41) is 13.2. The molecule has 3 rings (SSSR count). The van der Waals surface area contributed by atoms with Crippen LogP contribution in [0.2, 0.25) is 0 Å². The van der Waals surface area contributed by atoms with Gasteiger partial charge in [-0.3, -0.25) is 4.79 Å². The molecule has 0 atom stereocenters. The number of amides is 1. The van der Waals surface area contributed by atoms with Gasteiger partial charge in [0.1, 0.15) is 12.4 Å². The van der Waals surface area contributed by atoms with Gasteiger partial charge in [0.25, 0.3) is 0 Å². The van der Waals surface area contributed by atoms with Crippen LogP contribution in [0.15, 0.2) is 35.6 Å². The molecule has 7 heteroatoms. The zero-order chi connectivity index (χ0) is 17.6. The van der Waals surface area contributed by atoms with Gasteiger partial charge in [-0.1, -0.05) is 36.7 Å². The molecule has 2 N–H and O–H groups in total. The molecule has 0 saturated heterocycles. The SMILES string of the molecule is O=C(Cn1c(CO)cnc1SCc1ccc(F)cc1)NC1CCCC1. The van der Waals surface area contributed by atoms with E-state index in [4.69, 9.17) is 0 Å². The lowest BCUT2D eigenvalue weighted by atomic mass is 10.2. The minimum atomic E-state index is -0.263. The fraction of sp³-hybridized carbons (Fsp3) is 0.444. The van der Waals surface area contributed by atoms with Crippen LogP contribution < -0.4 is 5.32 Å². The number of nitrogens with one attached hydrogen (secondary N) is 1. The van der Waals surface area contributed by atoms with E-state index in [1.54, 1.807) is 22.9 Å². The highest BCUT2D eigenvalue weighted by Gasteiger charge is 2.19. The number of carbonyl (C=O) groups is 1. The molecule has 1 amide bonds. The average molecular weight is 363 g/mol. The third kappa shape index (κ3) is 4.83. The normalized spacial score (nSPS) is 14.8. The summed E-state index contributed by atoms with van der Waals surface area (Å²) in [5.41, 5.74) is 1.59. The second-order valence-electron chi connectivity index (χ2n) is 6.24. The van der Waals surface area contributed by atoms with Gasteiger partial charge in [0.2, 0.25) is 5.91 Å². The Morgan fingerprint density at radius 2 is 2.04 bits per heavy atom. The van der Waals surface area contributed by atoms with Gasteiger partial charge in [-0.05, 0) is 30.5 Å². The van der Waals surface area contributed by atoms with Crippen LogP contribution in [0.1, 0.15) is 36.9 Å². The number of aliphatic hydroxyl groups excluding tert-OH is 1. The predicted octanol–water partition coefficient (Wildman–Crippen LogP) is 2.87. The van der Waals surface area contributed by atoms with E-state index in [0.717, 1.165) is 31.2 Å². The largest absolute Gasteiger partial charge is 0.390 e. The minimum Gasteiger partial charge on any atom is -0.390 e. The van der Waals surface area contributed by atoms with E-state index in [1.165, 1.54) is 23.9 Å². The summed E-state index contributed by atoms with van der Waals surface area (Å²) in [7, 11) is 0. The third-order valence-corrected chi connectivity index (χ3v) is 5.43. The molecule has 2 aromatic rings. The van der Waals surface area contributed by atoms with Gasteiger partial charge in [0.05, 0.1) is 18.5 Å². The highest BCUT2D eigenvalue weighted by atomic mass is 32.2. The maximum Gasteiger partial charge on any atom is 0.240 e. The number of hydrogen-bond donors (Lipinski definition) is 2. The number of rotatable bonds is 7. The third-order valence-electron chi connectivity index (χ3n) is 4.37. The van der Waals surface area contributed by atoms with Crippen molar-refractivity contribution in [3.05, 3.63) is 47.5 Å². The number of aromatic nitrogens is 2. The van der Waals surface area contributed by atoms with Crippen LogP contribution in [-0.4, -0.2) is 26.6 Å². The summed E-state index contributed by atoms with van der Waals surface area (Å²) in [5.74, 6) is 0.302. The summed E-state index contributed by atoms with van der Waals surface area (Å²) in [6.07, 6.45) is 5.99. The van der Waals surface area contributed by atoms with Crippen molar-refractivity contribution in [2.45, 2.75) is 55.8 Å². The Kier molecular flexibility index (Phi) is 6.09. The fourth-order valence-corrected chi connectivity index (χ4v) is 3.97. The molecule has 1 aromatic carbocycles. The van der Waals surface area contributed by atoms with Gasteiger partial charge in [-0.15, -0.1) is 0 Å². The number of carbonyl (C=O) groups excluding carboxylic acids is 1. The molecule has 1 fully saturated rings. The Labute approximate surface area is 150 Å². The first-order valence-corrected chi connectivity index (χ1v) is 9.46. The van der Waals surface area contributed by atoms with Crippen molar-refractivity contribution < 1.29 is 14.3 Å². The molecule has 0 unspecified atom stereocenters. The van der Waals surface area contributed by atoms with Crippen LogP contribution in [-0.2, 0) is 23.7 Å². The average Bonchev–Trinajstić information content (AvgIpc) is 3.24. The van der Waals surface area contributed by atoms with Gasteiger partial charge < -0.3 is 15.0 Å². The molecule has 5 nitrogen and oxygen atoms in total. The molecule has 1 saturated carbocycles. The van der Waals surface area contributed by atoms with E-state index in [2.05, 4.69) is 10.3 Å². The molecule has 25 heavy (non-hydrogen) atoms. The first-order chi connectivity index (χ1) is 12.2. The smallest absolute Gasteiger partial charge is 0.240 e. The molecule has 0 aliphatic heterocycles. The number of nitrogens with zero attached hydrogens (tertiary/aromatic N) is 2. The number of thioether (sulfide) groups is 1. The molecular weight excluding hydrogens is 341 g/mol. The first-order valence-electron chi connectivity index (χ1n) is 8.47. The Bertz CT molecular complexity index is 712. The van der Waals surface area contributed by atoms with E-state index in [1.807, 2.05) is 0 Å². The number of benzene rings is 1. The summed E-state index contributed by atoms with van der Waals surface area (Å²) >= 11 is 1.47. The van der Waals surface area contributed by atoms with Crippen molar-refractivity contribution in [1.82, 2.24) is 14.9 Å². The molecule has 1 aliphatic carbocycles. The standard InChI is InChI=1S/C18H22FN3O2S/c19-14-7-5-13(6-8-14)12-25-18-20-9-16(11-23)22(18)10-17(24)21-15-3-1-2-4-15/h5-9,15,23H,1-4,10-12H2,(H,21,24). The Hall–Kier alpha value is -1.86. The number of aliphatic hydroxyl groups is 1. The highest BCUT2D eigenvalue weighted by molar-refractivity contribution is 7.98. The Morgan fingerprint density at radius 1 is 1.32 bits per heavy atom. The molecular formula is C18H22FN3O2S. The lowest BCUT2D eigenvalue weighted by molar-refractivity contribution is -0.122. The number of hydrogen-bond acceptors (Lipinski definition) is 4. The van der Waals surface area contributed by atoms with Crippen molar-refractivity contribution in [3.8, 4) is 0 Å². The van der Waals surface area contributed by atoms with Crippen LogP contribution >= 0.6 is 11.8 Å². The monoisotopic (exact) mass is 363 g/mol. The first kappa shape index (κ1) is 17.9.